The van der Waals surface area contributed by atoms with Crippen LogP contribution in [-0.4, -0.2) is 16.1 Å². The summed E-state index contributed by atoms with van der Waals surface area (Å²) in [5.41, 5.74) is 0.739. The average molecular weight is 233 g/mol. The van der Waals surface area contributed by atoms with Gasteiger partial charge in [-0.05, 0) is 24.3 Å². The van der Waals surface area contributed by atoms with Crippen LogP contribution in [0.2, 0.25) is 0 Å². The molecule has 0 saturated heterocycles. The highest BCUT2D eigenvalue weighted by molar-refractivity contribution is 5.89. The zero-order valence-corrected chi connectivity index (χ0v) is 8.63. The second kappa shape index (κ2) is 4.61. The van der Waals surface area contributed by atoms with Crippen LogP contribution in [0.3, 0.4) is 0 Å². The Kier molecular flexibility index (Phi) is 3.00. The summed E-state index contributed by atoms with van der Waals surface area (Å²) in [7, 11) is 0. The number of halogens is 1. The summed E-state index contributed by atoms with van der Waals surface area (Å²) in [6, 6.07) is 6.64. The van der Waals surface area contributed by atoms with E-state index in [0.717, 1.165) is 11.6 Å². The van der Waals surface area contributed by atoms with Crippen LogP contribution in [-0.2, 0) is 4.79 Å². The molecule has 1 N–H and O–H groups in total. The van der Waals surface area contributed by atoms with Gasteiger partial charge in [-0.25, -0.2) is 4.79 Å². The van der Waals surface area contributed by atoms with Crippen molar-refractivity contribution in [1.82, 2.24) is 4.98 Å². The molecule has 0 aliphatic rings. The van der Waals surface area contributed by atoms with Crippen molar-refractivity contribution in [3.05, 3.63) is 48.2 Å². The minimum absolute atomic E-state index is 0.142. The topological polar surface area (TPSA) is 63.3 Å². The number of furan rings is 1. The molecule has 5 heteroatoms. The van der Waals surface area contributed by atoms with Crippen molar-refractivity contribution < 1.29 is 18.7 Å². The monoisotopic (exact) mass is 233 g/mol. The summed E-state index contributed by atoms with van der Waals surface area (Å²) in [6.07, 6.45) is 4.04. The summed E-state index contributed by atoms with van der Waals surface area (Å²) in [5.74, 6) is -2.24. The van der Waals surface area contributed by atoms with E-state index in [-0.39, 0.29) is 5.76 Å². The van der Waals surface area contributed by atoms with Crippen molar-refractivity contribution in [3.63, 3.8) is 0 Å². The van der Waals surface area contributed by atoms with E-state index in [2.05, 4.69) is 4.98 Å². The highest BCUT2D eigenvalue weighted by atomic mass is 19.1. The number of rotatable bonds is 3. The van der Waals surface area contributed by atoms with E-state index in [9.17, 15) is 9.18 Å². The summed E-state index contributed by atoms with van der Waals surface area (Å²) in [6.45, 7) is 0. The number of pyridine rings is 1. The van der Waals surface area contributed by atoms with Crippen LogP contribution in [0.5, 0.6) is 0 Å². The van der Waals surface area contributed by atoms with E-state index >= 15 is 0 Å². The van der Waals surface area contributed by atoms with Crippen LogP contribution < -0.4 is 0 Å². The van der Waals surface area contributed by atoms with Crippen molar-refractivity contribution in [1.29, 1.82) is 0 Å². The Morgan fingerprint density at radius 1 is 1.41 bits per heavy atom. The lowest BCUT2D eigenvalue weighted by atomic mass is 10.2. The summed E-state index contributed by atoms with van der Waals surface area (Å²) < 4.78 is 18.1. The van der Waals surface area contributed by atoms with Crippen molar-refractivity contribution in [2.75, 3.05) is 0 Å². The molecule has 0 fully saturated rings. The van der Waals surface area contributed by atoms with E-state index in [1.807, 2.05) is 0 Å². The lowest BCUT2D eigenvalue weighted by Gasteiger charge is -1.94. The van der Waals surface area contributed by atoms with Gasteiger partial charge in [0.05, 0.1) is 0 Å². The molecule has 0 radical (unpaired) electrons. The molecule has 0 unspecified atom stereocenters. The number of hydrogen-bond acceptors (Lipinski definition) is 3. The first kappa shape index (κ1) is 11.1. The van der Waals surface area contributed by atoms with Gasteiger partial charge in [0, 0.05) is 24.0 Å². The third kappa shape index (κ3) is 2.57. The molecular formula is C12H8FNO3. The fourth-order valence-corrected chi connectivity index (χ4v) is 1.28. The number of carboxylic acid groups (broad SMARTS) is 1. The van der Waals surface area contributed by atoms with Crippen LogP contribution in [0.4, 0.5) is 4.39 Å². The molecule has 17 heavy (non-hydrogen) atoms. The van der Waals surface area contributed by atoms with E-state index in [4.69, 9.17) is 9.52 Å². The van der Waals surface area contributed by atoms with Crippen LogP contribution >= 0.6 is 0 Å². The summed E-state index contributed by atoms with van der Waals surface area (Å²) >= 11 is 0. The normalized spacial score (nSPS) is 11.5. The number of carboxylic acids is 1. The molecule has 2 rings (SSSR count). The Labute approximate surface area is 96.0 Å². The van der Waals surface area contributed by atoms with Gasteiger partial charge in [-0.1, -0.05) is 0 Å². The Morgan fingerprint density at radius 2 is 2.24 bits per heavy atom. The van der Waals surface area contributed by atoms with Gasteiger partial charge >= 0.3 is 5.97 Å². The van der Waals surface area contributed by atoms with Gasteiger partial charge < -0.3 is 9.52 Å². The van der Waals surface area contributed by atoms with Crippen LogP contribution in [0.1, 0.15) is 5.76 Å². The Bertz CT molecular complexity index is 560. The molecule has 0 amide bonds. The third-order valence-electron chi connectivity index (χ3n) is 2.05. The van der Waals surface area contributed by atoms with Crippen LogP contribution in [0, 0.1) is 0 Å². The maximum absolute atomic E-state index is 12.8. The Morgan fingerprint density at radius 3 is 2.88 bits per heavy atom. The predicted molar refractivity (Wildman–Crippen MR) is 58.7 cm³/mol. The van der Waals surface area contributed by atoms with Gasteiger partial charge in [0.25, 0.3) is 0 Å². The minimum Gasteiger partial charge on any atom is -0.476 e. The first-order valence-electron chi connectivity index (χ1n) is 4.77. The number of aliphatic carboxylic acids is 1. The number of hydrogen-bond donors (Lipinski definition) is 1. The minimum atomic E-state index is -1.62. The quantitative estimate of drug-likeness (QED) is 0.828. The molecule has 0 aliphatic heterocycles. The number of carbonyl (C=O) groups is 1. The van der Waals surface area contributed by atoms with Gasteiger partial charge in [-0.2, -0.15) is 4.39 Å². The van der Waals surface area contributed by atoms with Gasteiger partial charge in [0.15, 0.2) is 0 Å². The molecule has 0 atom stereocenters. The van der Waals surface area contributed by atoms with Crippen molar-refractivity contribution in [2.45, 2.75) is 0 Å². The maximum atomic E-state index is 12.8. The second-order valence-electron chi connectivity index (χ2n) is 3.24. The zero-order chi connectivity index (χ0) is 12.3. The Hall–Kier alpha value is -2.43. The summed E-state index contributed by atoms with van der Waals surface area (Å²) in [4.78, 5) is 14.2. The third-order valence-corrected chi connectivity index (χ3v) is 2.05. The van der Waals surface area contributed by atoms with E-state index in [1.165, 1.54) is 6.07 Å². The van der Waals surface area contributed by atoms with Crippen molar-refractivity contribution in [2.24, 2.45) is 0 Å². The number of nitrogens with zero attached hydrogens (tertiary/aromatic N) is 1. The highest BCUT2D eigenvalue weighted by Gasteiger charge is 2.08. The standard InChI is InChI=1S/C12H8FNO3/c13-10(12(15)16)6-9-3-4-11(17-9)8-2-1-5-14-7-8/h1-7H,(H,15,16). The molecule has 0 spiro atoms. The molecule has 2 aromatic rings. The van der Waals surface area contributed by atoms with Gasteiger partial charge in [0.2, 0.25) is 5.83 Å². The molecule has 2 aromatic heterocycles. The zero-order valence-electron chi connectivity index (χ0n) is 8.63. The van der Waals surface area contributed by atoms with Gasteiger partial charge in [-0.15, -0.1) is 0 Å². The molecule has 0 bridgehead atoms. The lowest BCUT2D eigenvalue weighted by molar-refractivity contribution is -0.134. The van der Waals surface area contributed by atoms with E-state index in [1.54, 1.807) is 30.6 Å². The molecule has 4 nitrogen and oxygen atoms in total. The fourth-order valence-electron chi connectivity index (χ4n) is 1.28. The molecule has 0 aromatic carbocycles. The summed E-state index contributed by atoms with van der Waals surface area (Å²) in [5, 5.41) is 8.37. The van der Waals surface area contributed by atoms with Gasteiger partial charge in [0.1, 0.15) is 11.5 Å². The van der Waals surface area contributed by atoms with Crippen molar-refractivity contribution >= 4 is 12.0 Å². The molecule has 0 saturated carbocycles. The molecule has 86 valence electrons. The molecule has 0 aliphatic carbocycles. The lowest BCUT2D eigenvalue weighted by Crippen LogP contribution is -1.93. The average Bonchev–Trinajstić information content (AvgIpc) is 2.78. The van der Waals surface area contributed by atoms with Crippen LogP contribution in [0.15, 0.2) is 46.9 Å². The second-order valence-corrected chi connectivity index (χ2v) is 3.24. The van der Waals surface area contributed by atoms with Crippen molar-refractivity contribution in [3.8, 4) is 11.3 Å². The maximum Gasteiger partial charge on any atom is 0.364 e. The smallest absolute Gasteiger partial charge is 0.364 e. The first-order chi connectivity index (χ1) is 8.16. The number of aromatic nitrogens is 1. The van der Waals surface area contributed by atoms with E-state index < -0.39 is 11.8 Å². The molecular weight excluding hydrogens is 225 g/mol. The highest BCUT2D eigenvalue weighted by Crippen LogP contribution is 2.22. The first-order valence-corrected chi connectivity index (χ1v) is 4.77. The van der Waals surface area contributed by atoms with Gasteiger partial charge in [-0.3, -0.25) is 4.98 Å². The molecule has 2 heterocycles. The van der Waals surface area contributed by atoms with E-state index in [0.29, 0.717) is 5.76 Å². The Balaban J connectivity index is 2.29. The SMILES string of the molecule is O=C(O)C(F)=Cc1ccc(-c2cccnc2)o1. The van der Waals surface area contributed by atoms with Crippen LogP contribution in [0.25, 0.3) is 17.4 Å². The predicted octanol–water partition coefficient (Wildman–Crippen LogP) is 2.74. The largest absolute Gasteiger partial charge is 0.476 e. The fraction of sp³-hybridized carbons (Fsp3) is 0.